The summed E-state index contributed by atoms with van der Waals surface area (Å²) in [7, 11) is -1.20. The summed E-state index contributed by atoms with van der Waals surface area (Å²) in [5.41, 5.74) is 0. The maximum absolute atomic E-state index is 10.6. The Hall–Kier alpha value is 0.750. The Morgan fingerprint density at radius 2 is 1.04 bits per heavy atom. The smallest absolute Gasteiger partial charge is 0.186 e. The molecule has 0 fully saturated rings. The first kappa shape index (κ1) is 27.0. The van der Waals surface area contributed by atoms with Crippen LogP contribution in [0.1, 0.15) is 81.1 Å². The van der Waals surface area contributed by atoms with Gasteiger partial charge in [-0.1, -0.05) is 28.8 Å². The van der Waals surface area contributed by atoms with Gasteiger partial charge >= 0.3 is 0 Å². The maximum Gasteiger partial charge on any atom is 0.186 e. The fourth-order valence-electron chi connectivity index (χ4n) is 2.70. The molecular formula is C18H42BrN2O2P. The monoisotopic (exact) mass is 428 g/mol. The molecule has 0 spiro atoms. The van der Waals surface area contributed by atoms with Gasteiger partial charge in [0.15, 0.2) is 8.45 Å². The molecule has 0 radical (unpaired) electrons. The first-order valence-electron chi connectivity index (χ1n) is 9.34. The molecule has 148 valence electrons. The van der Waals surface area contributed by atoms with Crippen molar-refractivity contribution in [3.63, 3.8) is 0 Å². The topological polar surface area (TPSA) is 46.9 Å². The van der Waals surface area contributed by atoms with Crippen LogP contribution >= 0.6 is 24.4 Å². The van der Waals surface area contributed by atoms with E-state index in [-0.39, 0.29) is 0 Å². The van der Waals surface area contributed by atoms with Crippen molar-refractivity contribution in [3.8, 4) is 0 Å². The van der Waals surface area contributed by atoms with E-state index in [1.54, 1.807) is 0 Å². The number of rotatable bonds is 11. The number of aliphatic hydroxyl groups is 1. The molecule has 0 aliphatic heterocycles. The summed E-state index contributed by atoms with van der Waals surface area (Å²) < 4.78 is 4.41. The highest BCUT2D eigenvalue weighted by Crippen LogP contribution is 2.45. The predicted octanol–water partition coefficient (Wildman–Crippen LogP) is 5.38. The van der Waals surface area contributed by atoms with Crippen molar-refractivity contribution >= 4 is 24.4 Å². The molecule has 0 aromatic heterocycles. The zero-order valence-corrected chi connectivity index (χ0v) is 19.6. The molecule has 0 rings (SSSR count). The van der Waals surface area contributed by atoms with Crippen LogP contribution in [0.15, 0.2) is 0 Å². The SMILES string of the molecule is CC(C)N(C(C)C)P(O)N(C(C)C)C(C)C.OCCCCCCBr. The molecule has 0 saturated heterocycles. The first-order chi connectivity index (χ1) is 11.1. The lowest BCUT2D eigenvalue weighted by atomic mass is 10.2. The van der Waals surface area contributed by atoms with Crippen LogP contribution in [-0.2, 0) is 0 Å². The summed E-state index contributed by atoms with van der Waals surface area (Å²) in [5.74, 6) is 0. The largest absolute Gasteiger partial charge is 0.396 e. The Labute approximate surface area is 161 Å². The number of nitrogens with zero attached hydrogens (tertiary/aromatic N) is 2. The molecule has 24 heavy (non-hydrogen) atoms. The van der Waals surface area contributed by atoms with Gasteiger partial charge in [-0.05, 0) is 68.2 Å². The molecule has 0 amide bonds. The molecule has 0 aromatic carbocycles. The van der Waals surface area contributed by atoms with E-state index in [9.17, 15) is 4.89 Å². The average Bonchev–Trinajstić information content (AvgIpc) is 2.42. The Kier molecular flexibility index (Phi) is 17.9. The summed E-state index contributed by atoms with van der Waals surface area (Å²) in [6.07, 6.45) is 4.61. The van der Waals surface area contributed by atoms with Gasteiger partial charge in [0.25, 0.3) is 0 Å². The second-order valence-electron chi connectivity index (χ2n) is 7.23. The molecule has 0 aromatic rings. The molecule has 0 atom stereocenters. The zero-order chi connectivity index (χ0) is 19.3. The van der Waals surface area contributed by atoms with Crippen molar-refractivity contribution in [1.82, 2.24) is 9.34 Å². The van der Waals surface area contributed by atoms with Crippen molar-refractivity contribution in [1.29, 1.82) is 0 Å². The van der Waals surface area contributed by atoms with Gasteiger partial charge in [-0.15, -0.1) is 0 Å². The lowest BCUT2D eigenvalue weighted by Crippen LogP contribution is -2.42. The van der Waals surface area contributed by atoms with Gasteiger partial charge in [0.1, 0.15) is 0 Å². The minimum absolute atomic E-state index is 0.349. The van der Waals surface area contributed by atoms with E-state index >= 15 is 0 Å². The van der Waals surface area contributed by atoms with Gasteiger partial charge in [0.05, 0.1) is 0 Å². The third kappa shape index (κ3) is 12.2. The normalized spacial score (nSPS) is 12.2. The standard InChI is InChI=1S/C12H29N2OP.C6H13BrO/c1-9(2)13(10(3)4)16(15)14(11(5)6)12(7)8;7-5-3-1-2-4-6-8/h9-12,15H,1-8H3;8H,1-6H2. The zero-order valence-electron chi connectivity index (χ0n) is 17.2. The molecule has 6 heteroatoms. The summed E-state index contributed by atoms with van der Waals surface area (Å²) in [6.45, 7) is 17.5. The second kappa shape index (κ2) is 16.0. The molecule has 0 heterocycles. The van der Waals surface area contributed by atoms with Gasteiger partial charge in [0.2, 0.25) is 0 Å². The number of alkyl halides is 1. The van der Waals surface area contributed by atoms with Crippen molar-refractivity contribution in [2.75, 3.05) is 11.9 Å². The summed E-state index contributed by atoms with van der Waals surface area (Å²) in [5, 5.41) is 9.45. The highest BCUT2D eigenvalue weighted by Gasteiger charge is 2.31. The third-order valence-corrected chi connectivity index (χ3v) is 6.81. The number of hydrogen-bond donors (Lipinski definition) is 2. The molecule has 0 bridgehead atoms. The van der Waals surface area contributed by atoms with E-state index in [1.165, 1.54) is 19.3 Å². The Morgan fingerprint density at radius 1 is 0.708 bits per heavy atom. The van der Waals surface area contributed by atoms with Crippen LogP contribution in [0.4, 0.5) is 0 Å². The number of unbranched alkanes of at least 4 members (excludes halogenated alkanes) is 3. The number of hydrogen-bond acceptors (Lipinski definition) is 4. The molecular weight excluding hydrogens is 387 g/mol. The average molecular weight is 429 g/mol. The minimum Gasteiger partial charge on any atom is -0.396 e. The van der Waals surface area contributed by atoms with Crippen molar-refractivity contribution in [3.05, 3.63) is 0 Å². The lowest BCUT2D eigenvalue weighted by molar-refractivity contribution is 0.222. The van der Waals surface area contributed by atoms with Crippen molar-refractivity contribution in [2.45, 2.75) is 105 Å². The van der Waals surface area contributed by atoms with Crippen molar-refractivity contribution in [2.24, 2.45) is 0 Å². The molecule has 0 aliphatic carbocycles. The third-order valence-electron chi connectivity index (χ3n) is 3.57. The van der Waals surface area contributed by atoms with Crippen LogP contribution in [0.5, 0.6) is 0 Å². The minimum atomic E-state index is -1.20. The van der Waals surface area contributed by atoms with E-state index in [1.807, 2.05) is 0 Å². The number of halogens is 1. The van der Waals surface area contributed by atoms with Crippen LogP contribution in [0.2, 0.25) is 0 Å². The van der Waals surface area contributed by atoms with Crippen LogP contribution in [-0.4, -0.2) is 55.4 Å². The first-order valence-corrected chi connectivity index (χ1v) is 11.7. The fraction of sp³-hybridized carbons (Fsp3) is 1.00. The molecule has 0 aliphatic rings. The van der Waals surface area contributed by atoms with Gasteiger partial charge in [-0.2, -0.15) is 0 Å². The van der Waals surface area contributed by atoms with Gasteiger partial charge in [-0.3, -0.25) is 0 Å². The quantitative estimate of drug-likeness (QED) is 0.263. The predicted molar refractivity (Wildman–Crippen MR) is 113 cm³/mol. The Balaban J connectivity index is 0. The van der Waals surface area contributed by atoms with E-state index in [2.05, 4.69) is 80.7 Å². The number of aliphatic hydroxyl groups excluding tert-OH is 1. The maximum atomic E-state index is 10.6. The summed E-state index contributed by atoms with van der Waals surface area (Å²) >= 11 is 3.34. The Bertz CT molecular complexity index is 238. The lowest BCUT2D eigenvalue weighted by Gasteiger charge is -2.43. The van der Waals surface area contributed by atoms with Crippen LogP contribution < -0.4 is 0 Å². The molecule has 0 unspecified atom stereocenters. The highest BCUT2D eigenvalue weighted by atomic mass is 79.9. The van der Waals surface area contributed by atoms with Crippen molar-refractivity contribution < 1.29 is 10.00 Å². The fourth-order valence-corrected chi connectivity index (χ4v) is 4.99. The second-order valence-corrected chi connectivity index (χ2v) is 9.48. The van der Waals surface area contributed by atoms with Crippen LogP contribution in [0, 0.1) is 0 Å². The Morgan fingerprint density at radius 3 is 1.29 bits per heavy atom. The van der Waals surface area contributed by atoms with Gasteiger partial charge in [0, 0.05) is 36.1 Å². The molecule has 4 nitrogen and oxygen atoms in total. The highest BCUT2D eigenvalue weighted by molar-refractivity contribution is 9.09. The van der Waals surface area contributed by atoms with E-state index in [4.69, 9.17) is 5.11 Å². The van der Waals surface area contributed by atoms with Crippen LogP contribution in [0.25, 0.3) is 0 Å². The summed E-state index contributed by atoms with van der Waals surface area (Å²) in [4.78, 5) is 10.6. The van der Waals surface area contributed by atoms with Gasteiger partial charge < -0.3 is 10.00 Å². The van der Waals surface area contributed by atoms with E-state index in [0.29, 0.717) is 30.8 Å². The van der Waals surface area contributed by atoms with Gasteiger partial charge in [-0.25, -0.2) is 9.34 Å². The van der Waals surface area contributed by atoms with Crippen LogP contribution in [0.3, 0.4) is 0 Å². The molecule has 2 N–H and O–H groups in total. The van der Waals surface area contributed by atoms with E-state index in [0.717, 1.165) is 11.8 Å². The molecule has 0 saturated carbocycles. The summed E-state index contributed by atoms with van der Waals surface area (Å²) in [6, 6.07) is 1.49. The van der Waals surface area contributed by atoms with E-state index < -0.39 is 8.45 Å².